The largest absolute Gasteiger partial charge is 0.489 e. The molecule has 0 radical (unpaired) electrons. The predicted molar refractivity (Wildman–Crippen MR) is 75.9 cm³/mol. The Morgan fingerprint density at radius 2 is 1.79 bits per heavy atom. The molecule has 0 saturated heterocycles. The van der Waals surface area contributed by atoms with Crippen molar-refractivity contribution in [2.75, 3.05) is 0 Å². The van der Waals surface area contributed by atoms with Crippen LogP contribution in [-0.4, -0.2) is 6.10 Å². The number of nitrogens with zero attached hydrogens (tertiary/aromatic N) is 1. The van der Waals surface area contributed by atoms with Crippen LogP contribution >= 0.6 is 0 Å². The summed E-state index contributed by atoms with van der Waals surface area (Å²) >= 11 is 0. The van der Waals surface area contributed by atoms with Crippen molar-refractivity contribution in [3.05, 3.63) is 42.5 Å². The van der Waals surface area contributed by atoms with Gasteiger partial charge in [-0.15, -0.1) is 0 Å². The Morgan fingerprint density at radius 1 is 1.00 bits per heavy atom. The quantitative estimate of drug-likeness (QED) is 0.797. The van der Waals surface area contributed by atoms with Gasteiger partial charge in [0.2, 0.25) is 0 Å². The summed E-state index contributed by atoms with van der Waals surface area (Å²) in [6, 6.07) is 16.8. The summed E-state index contributed by atoms with van der Waals surface area (Å²) in [7, 11) is 0. The molecule has 2 nitrogen and oxygen atoms in total. The number of rotatable bonds is 2. The molecular formula is C17H17NO. The summed E-state index contributed by atoms with van der Waals surface area (Å²) in [6.45, 7) is 0. The van der Waals surface area contributed by atoms with Crippen molar-refractivity contribution in [3.8, 4) is 11.8 Å². The topological polar surface area (TPSA) is 33.0 Å². The van der Waals surface area contributed by atoms with Crippen molar-refractivity contribution in [2.24, 2.45) is 5.92 Å². The minimum absolute atomic E-state index is 0.0419. The fourth-order valence-electron chi connectivity index (χ4n) is 2.80. The first kappa shape index (κ1) is 12.0. The molecule has 96 valence electrons. The average molecular weight is 251 g/mol. The molecule has 3 rings (SSSR count). The van der Waals surface area contributed by atoms with Gasteiger partial charge in [-0.05, 0) is 42.2 Å². The van der Waals surface area contributed by atoms with Crippen LogP contribution in [0.5, 0.6) is 5.75 Å². The van der Waals surface area contributed by atoms with Crippen LogP contribution in [0.4, 0.5) is 0 Å². The van der Waals surface area contributed by atoms with Crippen LogP contribution in [0.2, 0.25) is 0 Å². The monoisotopic (exact) mass is 251 g/mol. The Bertz CT molecular complexity index is 614. The van der Waals surface area contributed by atoms with E-state index in [-0.39, 0.29) is 12.0 Å². The highest BCUT2D eigenvalue weighted by Gasteiger charge is 2.26. The minimum atomic E-state index is 0.0419. The molecule has 0 aliphatic heterocycles. The Balaban J connectivity index is 1.82. The fraction of sp³-hybridized carbons (Fsp3) is 0.353. The predicted octanol–water partition coefficient (Wildman–Crippen LogP) is 4.30. The van der Waals surface area contributed by atoms with E-state index < -0.39 is 0 Å². The molecular weight excluding hydrogens is 234 g/mol. The van der Waals surface area contributed by atoms with E-state index in [1.165, 1.54) is 10.8 Å². The number of nitriles is 1. The first-order chi connectivity index (χ1) is 9.36. The molecule has 0 N–H and O–H groups in total. The molecule has 0 aromatic heterocycles. The van der Waals surface area contributed by atoms with Gasteiger partial charge in [-0.2, -0.15) is 5.26 Å². The van der Waals surface area contributed by atoms with E-state index in [4.69, 9.17) is 4.74 Å². The Hall–Kier alpha value is -2.01. The van der Waals surface area contributed by atoms with E-state index >= 15 is 0 Å². The molecule has 2 heteroatoms. The van der Waals surface area contributed by atoms with E-state index in [0.717, 1.165) is 31.4 Å². The van der Waals surface area contributed by atoms with Crippen LogP contribution in [0.3, 0.4) is 0 Å². The molecule has 2 unspecified atom stereocenters. The highest BCUT2D eigenvalue weighted by atomic mass is 16.5. The SMILES string of the molecule is N#CC1CCCCC1Oc1ccc2ccccc2c1. The number of ether oxygens (including phenoxy) is 1. The molecule has 2 atom stereocenters. The third-order valence-electron chi connectivity index (χ3n) is 3.88. The highest BCUT2D eigenvalue weighted by molar-refractivity contribution is 5.83. The Labute approximate surface area is 113 Å². The van der Waals surface area contributed by atoms with E-state index in [2.05, 4.69) is 30.3 Å². The molecule has 1 aliphatic carbocycles. The first-order valence-electron chi connectivity index (χ1n) is 6.92. The summed E-state index contributed by atoms with van der Waals surface area (Å²) in [5, 5.41) is 11.6. The van der Waals surface area contributed by atoms with Gasteiger partial charge in [-0.25, -0.2) is 0 Å². The Kier molecular flexibility index (Phi) is 3.37. The molecule has 0 heterocycles. The molecule has 1 aliphatic rings. The van der Waals surface area contributed by atoms with Gasteiger partial charge in [0, 0.05) is 0 Å². The normalized spacial score (nSPS) is 22.9. The summed E-state index contributed by atoms with van der Waals surface area (Å²) in [6.07, 6.45) is 4.33. The van der Waals surface area contributed by atoms with Crippen molar-refractivity contribution in [2.45, 2.75) is 31.8 Å². The highest BCUT2D eigenvalue weighted by Crippen LogP contribution is 2.29. The van der Waals surface area contributed by atoms with Crippen LogP contribution in [-0.2, 0) is 0 Å². The Morgan fingerprint density at radius 3 is 2.63 bits per heavy atom. The smallest absolute Gasteiger partial charge is 0.120 e. The number of hydrogen-bond donors (Lipinski definition) is 0. The molecule has 1 saturated carbocycles. The summed E-state index contributed by atoms with van der Waals surface area (Å²) in [5.74, 6) is 0.922. The maximum Gasteiger partial charge on any atom is 0.120 e. The van der Waals surface area contributed by atoms with Gasteiger partial charge in [0.05, 0.1) is 12.0 Å². The second-order valence-corrected chi connectivity index (χ2v) is 5.19. The minimum Gasteiger partial charge on any atom is -0.489 e. The van der Waals surface area contributed by atoms with E-state index in [9.17, 15) is 5.26 Å². The van der Waals surface area contributed by atoms with Gasteiger partial charge in [0.15, 0.2) is 0 Å². The maximum absolute atomic E-state index is 9.18. The second-order valence-electron chi connectivity index (χ2n) is 5.19. The number of fused-ring (bicyclic) bond motifs is 1. The zero-order chi connectivity index (χ0) is 13.1. The van der Waals surface area contributed by atoms with E-state index in [1.54, 1.807) is 0 Å². The van der Waals surface area contributed by atoms with E-state index in [1.807, 2.05) is 18.2 Å². The molecule has 2 aromatic rings. The van der Waals surface area contributed by atoms with Crippen molar-refractivity contribution in [3.63, 3.8) is 0 Å². The van der Waals surface area contributed by atoms with Gasteiger partial charge < -0.3 is 4.74 Å². The standard InChI is InChI=1S/C17H17NO/c18-12-15-7-3-4-8-17(15)19-16-10-9-13-5-1-2-6-14(13)11-16/h1-2,5-6,9-11,15,17H,3-4,7-8H2. The zero-order valence-electron chi connectivity index (χ0n) is 10.9. The van der Waals surface area contributed by atoms with Gasteiger partial charge >= 0.3 is 0 Å². The van der Waals surface area contributed by atoms with Gasteiger partial charge in [-0.1, -0.05) is 36.8 Å². The van der Waals surface area contributed by atoms with Crippen LogP contribution in [0.15, 0.2) is 42.5 Å². The molecule has 0 spiro atoms. The van der Waals surface area contributed by atoms with Crippen LogP contribution in [0.25, 0.3) is 10.8 Å². The molecule has 0 bridgehead atoms. The van der Waals surface area contributed by atoms with Crippen molar-refractivity contribution >= 4 is 10.8 Å². The van der Waals surface area contributed by atoms with Gasteiger partial charge in [0.25, 0.3) is 0 Å². The number of hydrogen-bond acceptors (Lipinski definition) is 2. The van der Waals surface area contributed by atoms with E-state index in [0.29, 0.717) is 0 Å². The van der Waals surface area contributed by atoms with Crippen LogP contribution < -0.4 is 4.74 Å². The summed E-state index contributed by atoms with van der Waals surface area (Å²) in [4.78, 5) is 0. The molecule has 1 fully saturated rings. The fourth-order valence-corrected chi connectivity index (χ4v) is 2.80. The van der Waals surface area contributed by atoms with Crippen molar-refractivity contribution in [1.82, 2.24) is 0 Å². The summed E-state index contributed by atoms with van der Waals surface area (Å²) in [5.41, 5.74) is 0. The average Bonchev–Trinajstić information content (AvgIpc) is 2.48. The molecule has 0 amide bonds. The lowest BCUT2D eigenvalue weighted by atomic mass is 9.87. The number of benzene rings is 2. The first-order valence-corrected chi connectivity index (χ1v) is 6.92. The maximum atomic E-state index is 9.18. The summed E-state index contributed by atoms with van der Waals surface area (Å²) < 4.78 is 6.04. The lowest BCUT2D eigenvalue weighted by Crippen LogP contribution is -2.29. The third kappa shape index (κ3) is 2.56. The van der Waals surface area contributed by atoms with Crippen LogP contribution in [0, 0.1) is 17.2 Å². The molecule has 19 heavy (non-hydrogen) atoms. The van der Waals surface area contributed by atoms with Gasteiger partial charge in [0.1, 0.15) is 11.9 Å². The molecule has 2 aromatic carbocycles. The second kappa shape index (κ2) is 5.32. The van der Waals surface area contributed by atoms with Crippen molar-refractivity contribution in [1.29, 1.82) is 5.26 Å². The van der Waals surface area contributed by atoms with Crippen molar-refractivity contribution < 1.29 is 4.74 Å². The lowest BCUT2D eigenvalue weighted by molar-refractivity contribution is 0.120. The van der Waals surface area contributed by atoms with Gasteiger partial charge in [-0.3, -0.25) is 0 Å². The van der Waals surface area contributed by atoms with Crippen LogP contribution in [0.1, 0.15) is 25.7 Å². The lowest BCUT2D eigenvalue weighted by Gasteiger charge is -2.27. The zero-order valence-corrected chi connectivity index (χ0v) is 10.9. The third-order valence-corrected chi connectivity index (χ3v) is 3.88.